The van der Waals surface area contributed by atoms with Crippen LogP contribution in [0.1, 0.15) is 61.3 Å². The number of carbonyl (C=O) groups is 1. The summed E-state index contributed by atoms with van der Waals surface area (Å²) in [5, 5.41) is 7.69. The molecule has 3 aromatic heterocycles. The molecule has 0 aliphatic carbocycles. The molecule has 0 spiro atoms. The van der Waals surface area contributed by atoms with Crippen LogP contribution in [0.25, 0.3) is 22.6 Å². The van der Waals surface area contributed by atoms with Crippen molar-refractivity contribution in [1.82, 2.24) is 15.1 Å². The van der Waals surface area contributed by atoms with Crippen molar-refractivity contribution in [2.45, 2.75) is 39.5 Å². The van der Waals surface area contributed by atoms with Crippen LogP contribution in [-0.2, 0) is 0 Å². The van der Waals surface area contributed by atoms with E-state index in [2.05, 4.69) is 34.3 Å². The molecule has 0 saturated carbocycles. The molecule has 1 N–H and O–H groups in total. The SMILES string of the molecule is CC(C)c1cnc(-c2ccc(NC(=O)c3cnc4onc(C(C)C)c4c3)cc2)o1. The van der Waals surface area contributed by atoms with E-state index in [1.807, 2.05) is 38.1 Å². The summed E-state index contributed by atoms with van der Waals surface area (Å²) >= 11 is 0. The zero-order valence-corrected chi connectivity index (χ0v) is 16.8. The first-order chi connectivity index (χ1) is 13.9. The first-order valence-electron chi connectivity index (χ1n) is 9.55. The second kappa shape index (κ2) is 7.50. The Morgan fingerprint density at radius 3 is 2.41 bits per heavy atom. The number of hydrogen-bond acceptors (Lipinski definition) is 6. The molecule has 148 valence electrons. The Labute approximate surface area is 168 Å². The quantitative estimate of drug-likeness (QED) is 0.492. The molecule has 7 nitrogen and oxygen atoms in total. The number of hydrogen-bond donors (Lipinski definition) is 1. The van der Waals surface area contributed by atoms with Gasteiger partial charge in [0.2, 0.25) is 5.89 Å². The fourth-order valence-corrected chi connectivity index (χ4v) is 2.98. The molecule has 0 unspecified atom stereocenters. The number of oxazole rings is 1. The van der Waals surface area contributed by atoms with Crippen molar-refractivity contribution in [3.63, 3.8) is 0 Å². The van der Waals surface area contributed by atoms with Crippen molar-refractivity contribution in [2.75, 3.05) is 5.32 Å². The highest BCUT2D eigenvalue weighted by atomic mass is 16.5. The summed E-state index contributed by atoms with van der Waals surface area (Å²) in [4.78, 5) is 21.2. The molecule has 0 saturated heterocycles. The molecule has 0 atom stereocenters. The molecule has 7 heteroatoms. The molecular formula is C22H22N4O3. The van der Waals surface area contributed by atoms with Gasteiger partial charge in [0.05, 0.1) is 22.8 Å². The van der Waals surface area contributed by atoms with Crippen LogP contribution in [-0.4, -0.2) is 21.0 Å². The molecular weight excluding hydrogens is 368 g/mol. The van der Waals surface area contributed by atoms with Crippen LogP contribution in [0.15, 0.2) is 51.7 Å². The lowest BCUT2D eigenvalue weighted by molar-refractivity contribution is 0.102. The van der Waals surface area contributed by atoms with Gasteiger partial charge in [-0.3, -0.25) is 4.79 Å². The van der Waals surface area contributed by atoms with Crippen LogP contribution in [0.5, 0.6) is 0 Å². The fraction of sp³-hybridized carbons (Fsp3) is 0.273. The smallest absolute Gasteiger partial charge is 0.257 e. The Morgan fingerprint density at radius 1 is 1.00 bits per heavy atom. The maximum Gasteiger partial charge on any atom is 0.257 e. The van der Waals surface area contributed by atoms with Crippen molar-refractivity contribution in [3.8, 4) is 11.5 Å². The van der Waals surface area contributed by atoms with E-state index in [0.29, 0.717) is 22.9 Å². The van der Waals surface area contributed by atoms with E-state index in [4.69, 9.17) is 8.94 Å². The highest BCUT2D eigenvalue weighted by Crippen LogP contribution is 2.26. The Morgan fingerprint density at radius 2 is 1.76 bits per heavy atom. The number of nitrogens with zero attached hydrogens (tertiary/aromatic N) is 3. The normalized spacial score (nSPS) is 11.5. The molecule has 0 aliphatic heterocycles. The van der Waals surface area contributed by atoms with Gasteiger partial charge in [0.15, 0.2) is 0 Å². The molecule has 1 aromatic carbocycles. The number of benzene rings is 1. The number of carbonyl (C=O) groups excluding carboxylic acids is 1. The average molecular weight is 390 g/mol. The molecule has 4 rings (SSSR count). The lowest BCUT2D eigenvalue weighted by Gasteiger charge is -2.06. The van der Waals surface area contributed by atoms with Crippen LogP contribution >= 0.6 is 0 Å². The molecule has 4 aromatic rings. The largest absolute Gasteiger partial charge is 0.441 e. The van der Waals surface area contributed by atoms with Crippen LogP contribution in [0.2, 0.25) is 0 Å². The average Bonchev–Trinajstić information content (AvgIpc) is 3.35. The zero-order valence-electron chi connectivity index (χ0n) is 16.8. The number of fused-ring (bicyclic) bond motifs is 1. The maximum atomic E-state index is 12.7. The van der Waals surface area contributed by atoms with Gasteiger partial charge in [0.1, 0.15) is 5.76 Å². The minimum Gasteiger partial charge on any atom is -0.441 e. The standard InChI is InChI=1S/C22H22N4O3/c1-12(2)18-11-24-21(28-18)14-5-7-16(8-6-14)25-20(27)15-9-17-19(13(3)4)26-29-22(17)23-10-15/h5-13H,1-4H3,(H,25,27). The van der Waals surface area contributed by atoms with E-state index in [1.165, 1.54) is 6.20 Å². The predicted octanol–water partition coefficient (Wildman–Crippen LogP) is 5.38. The molecule has 0 fully saturated rings. The van der Waals surface area contributed by atoms with Gasteiger partial charge in [-0.25, -0.2) is 9.97 Å². The summed E-state index contributed by atoms with van der Waals surface area (Å²) in [6.45, 7) is 8.14. The van der Waals surface area contributed by atoms with Gasteiger partial charge in [-0.05, 0) is 36.2 Å². The lowest BCUT2D eigenvalue weighted by Crippen LogP contribution is -2.12. The Kier molecular flexibility index (Phi) is 4.88. The minimum absolute atomic E-state index is 0.176. The van der Waals surface area contributed by atoms with Gasteiger partial charge < -0.3 is 14.3 Å². The van der Waals surface area contributed by atoms with Gasteiger partial charge in [0, 0.05) is 23.4 Å². The third-order valence-corrected chi connectivity index (χ3v) is 4.65. The van der Waals surface area contributed by atoms with Crippen LogP contribution in [0.3, 0.4) is 0 Å². The first-order valence-corrected chi connectivity index (χ1v) is 9.55. The van der Waals surface area contributed by atoms with Gasteiger partial charge in [-0.1, -0.05) is 32.9 Å². The minimum atomic E-state index is -0.249. The predicted molar refractivity (Wildman–Crippen MR) is 110 cm³/mol. The highest BCUT2D eigenvalue weighted by molar-refractivity contribution is 6.05. The van der Waals surface area contributed by atoms with Crippen LogP contribution in [0.4, 0.5) is 5.69 Å². The second-order valence-electron chi connectivity index (χ2n) is 7.55. The number of anilines is 1. The monoisotopic (exact) mass is 390 g/mol. The van der Waals surface area contributed by atoms with Gasteiger partial charge >= 0.3 is 0 Å². The Bertz CT molecular complexity index is 1160. The van der Waals surface area contributed by atoms with E-state index in [0.717, 1.165) is 22.4 Å². The van der Waals surface area contributed by atoms with E-state index in [1.54, 1.807) is 12.3 Å². The van der Waals surface area contributed by atoms with Gasteiger partial charge in [0.25, 0.3) is 11.6 Å². The number of pyridine rings is 1. The molecule has 1 amide bonds. The Balaban J connectivity index is 1.52. The third-order valence-electron chi connectivity index (χ3n) is 4.65. The van der Waals surface area contributed by atoms with E-state index in [-0.39, 0.29) is 17.7 Å². The number of rotatable bonds is 5. The van der Waals surface area contributed by atoms with Crippen molar-refractivity contribution in [1.29, 1.82) is 0 Å². The molecule has 0 radical (unpaired) electrons. The van der Waals surface area contributed by atoms with E-state index in [9.17, 15) is 4.79 Å². The summed E-state index contributed by atoms with van der Waals surface area (Å²) in [5.41, 5.74) is 3.19. The van der Waals surface area contributed by atoms with E-state index >= 15 is 0 Å². The third kappa shape index (κ3) is 3.76. The zero-order chi connectivity index (χ0) is 20.5. The van der Waals surface area contributed by atoms with Crippen LogP contribution in [0, 0.1) is 0 Å². The summed E-state index contributed by atoms with van der Waals surface area (Å²) in [7, 11) is 0. The Hall–Kier alpha value is -3.48. The number of nitrogens with one attached hydrogen (secondary N) is 1. The van der Waals surface area contributed by atoms with Gasteiger partial charge in [-0.15, -0.1) is 0 Å². The van der Waals surface area contributed by atoms with Gasteiger partial charge in [-0.2, -0.15) is 0 Å². The van der Waals surface area contributed by atoms with E-state index < -0.39 is 0 Å². The number of amides is 1. The molecule has 0 aliphatic rings. The molecule has 29 heavy (non-hydrogen) atoms. The molecule has 3 heterocycles. The van der Waals surface area contributed by atoms with Crippen molar-refractivity contribution >= 4 is 22.7 Å². The highest BCUT2D eigenvalue weighted by Gasteiger charge is 2.16. The topological polar surface area (TPSA) is 94.1 Å². The summed E-state index contributed by atoms with van der Waals surface area (Å²) in [6.07, 6.45) is 3.23. The van der Waals surface area contributed by atoms with Crippen molar-refractivity contribution in [3.05, 3.63) is 59.7 Å². The summed E-state index contributed by atoms with van der Waals surface area (Å²) in [6, 6.07) is 9.13. The van der Waals surface area contributed by atoms with Crippen LogP contribution < -0.4 is 5.32 Å². The number of aromatic nitrogens is 3. The first kappa shape index (κ1) is 18.9. The van der Waals surface area contributed by atoms with Crippen molar-refractivity contribution in [2.24, 2.45) is 0 Å². The maximum absolute atomic E-state index is 12.7. The fourth-order valence-electron chi connectivity index (χ4n) is 2.98. The lowest BCUT2D eigenvalue weighted by atomic mass is 10.1. The summed E-state index contributed by atoms with van der Waals surface area (Å²) < 4.78 is 11.0. The second-order valence-corrected chi connectivity index (χ2v) is 7.55. The van der Waals surface area contributed by atoms with Crippen molar-refractivity contribution < 1.29 is 13.7 Å². The summed E-state index contributed by atoms with van der Waals surface area (Å²) in [5.74, 6) is 1.61. The molecule has 0 bridgehead atoms.